The highest BCUT2D eigenvalue weighted by atomic mass is 35.5. The van der Waals surface area contributed by atoms with E-state index in [0.29, 0.717) is 44.6 Å². The van der Waals surface area contributed by atoms with Gasteiger partial charge in [0.15, 0.2) is 0 Å². The Morgan fingerprint density at radius 2 is 1.93 bits per heavy atom. The van der Waals surface area contributed by atoms with Gasteiger partial charge in [-0.15, -0.1) is 0 Å². The number of pyridine rings is 1. The lowest BCUT2D eigenvalue weighted by molar-refractivity contribution is -0.131. The highest BCUT2D eigenvalue weighted by Crippen LogP contribution is 2.28. The number of carbonyl (C=O) groups excluding carboxylic acids is 1. The van der Waals surface area contributed by atoms with Gasteiger partial charge < -0.3 is 19.3 Å². The van der Waals surface area contributed by atoms with E-state index in [1.807, 2.05) is 26.0 Å². The van der Waals surface area contributed by atoms with E-state index < -0.39 is 5.60 Å². The van der Waals surface area contributed by atoms with E-state index in [1.54, 1.807) is 23.2 Å². The molecule has 0 saturated carbocycles. The maximum atomic E-state index is 12.6. The molecule has 0 spiro atoms. The number of likely N-dealkylation sites (tertiary alicyclic amines) is 1. The molecule has 0 aliphatic carbocycles. The average Bonchev–Trinajstić information content (AvgIpc) is 2.92. The third-order valence-corrected chi connectivity index (χ3v) is 6.25. The van der Waals surface area contributed by atoms with Crippen LogP contribution in [0.4, 0.5) is 0 Å². The fourth-order valence-electron chi connectivity index (χ4n) is 3.80. The number of hydrogen-bond donors (Lipinski definition) is 1. The number of ether oxygens (including phenoxy) is 1. The Bertz CT molecular complexity index is 935. The van der Waals surface area contributed by atoms with Gasteiger partial charge in [-0.3, -0.25) is 9.59 Å². The van der Waals surface area contributed by atoms with Crippen LogP contribution in [0.2, 0.25) is 5.02 Å². The first-order valence-electron chi connectivity index (χ1n) is 10.3. The van der Waals surface area contributed by atoms with Crippen LogP contribution >= 0.6 is 11.6 Å². The predicted octanol–water partition coefficient (Wildman–Crippen LogP) is 3.33. The molecule has 2 aromatic rings. The van der Waals surface area contributed by atoms with Gasteiger partial charge in [0.05, 0.1) is 0 Å². The van der Waals surface area contributed by atoms with Gasteiger partial charge in [0, 0.05) is 43.3 Å². The minimum Gasteiger partial charge on any atom is -0.491 e. The van der Waals surface area contributed by atoms with Crippen molar-refractivity contribution < 1.29 is 14.6 Å². The monoisotopic (exact) mass is 432 g/mol. The van der Waals surface area contributed by atoms with E-state index in [4.69, 9.17) is 16.3 Å². The van der Waals surface area contributed by atoms with Gasteiger partial charge in [-0.1, -0.05) is 17.7 Å². The molecule has 6 nitrogen and oxygen atoms in total. The van der Waals surface area contributed by atoms with Crippen molar-refractivity contribution in [3.05, 3.63) is 63.0 Å². The molecule has 1 saturated heterocycles. The van der Waals surface area contributed by atoms with E-state index in [-0.39, 0.29) is 24.5 Å². The lowest BCUT2D eigenvalue weighted by Crippen LogP contribution is -2.38. The molecule has 1 aliphatic rings. The van der Waals surface area contributed by atoms with Crippen LogP contribution in [0.15, 0.2) is 41.3 Å². The fourth-order valence-corrected chi connectivity index (χ4v) is 3.91. The van der Waals surface area contributed by atoms with Crippen LogP contribution in [-0.4, -0.2) is 45.8 Å². The Kier molecular flexibility index (Phi) is 7.21. The molecule has 0 radical (unpaired) electrons. The van der Waals surface area contributed by atoms with Crippen LogP contribution in [0, 0.1) is 13.8 Å². The van der Waals surface area contributed by atoms with Crippen molar-refractivity contribution in [1.82, 2.24) is 9.47 Å². The average molecular weight is 433 g/mol. The first-order valence-corrected chi connectivity index (χ1v) is 10.7. The van der Waals surface area contributed by atoms with E-state index >= 15 is 0 Å². The smallest absolute Gasteiger partial charge is 0.250 e. The number of aromatic nitrogens is 1. The zero-order valence-corrected chi connectivity index (χ0v) is 18.3. The number of aliphatic hydroxyl groups is 1. The number of carbonyl (C=O) groups is 1. The minimum absolute atomic E-state index is 0.000118. The van der Waals surface area contributed by atoms with Crippen LogP contribution in [-0.2, 0) is 11.3 Å². The summed E-state index contributed by atoms with van der Waals surface area (Å²) in [5, 5.41) is 11.7. The first kappa shape index (κ1) is 22.4. The maximum Gasteiger partial charge on any atom is 0.250 e. The summed E-state index contributed by atoms with van der Waals surface area (Å²) in [6.45, 7) is 5.46. The molecule has 1 unspecified atom stereocenters. The van der Waals surface area contributed by atoms with E-state index in [0.717, 1.165) is 16.1 Å². The molecule has 0 bridgehead atoms. The van der Waals surface area contributed by atoms with Crippen molar-refractivity contribution in [3.8, 4) is 5.75 Å². The number of aryl methyl sites for hydroxylation is 3. The number of amides is 1. The molecule has 1 fully saturated rings. The lowest BCUT2D eigenvalue weighted by Gasteiger charge is -2.27. The Morgan fingerprint density at radius 1 is 1.20 bits per heavy atom. The van der Waals surface area contributed by atoms with Crippen molar-refractivity contribution in [2.75, 3.05) is 19.7 Å². The maximum absolute atomic E-state index is 12.6. The number of benzene rings is 1. The quantitative estimate of drug-likeness (QED) is 0.760. The lowest BCUT2D eigenvalue weighted by atomic mass is 9.96. The third kappa shape index (κ3) is 5.64. The second-order valence-corrected chi connectivity index (χ2v) is 8.48. The van der Waals surface area contributed by atoms with Crippen LogP contribution in [0.1, 0.15) is 36.8 Å². The summed E-state index contributed by atoms with van der Waals surface area (Å²) in [4.78, 5) is 26.2. The van der Waals surface area contributed by atoms with Gasteiger partial charge in [0.25, 0.3) is 5.56 Å². The molecule has 7 heteroatoms. The molecule has 30 heavy (non-hydrogen) atoms. The third-order valence-electron chi connectivity index (χ3n) is 5.65. The van der Waals surface area contributed by atoms with Gasteiger partial charge in [0.1, 0.15) is 18.0 Å². The molecule has 2 heterocycles. The van der Waals surface area contributed by atoms with Crippen molar-refractivity contribution in [2.45, 2.75) is 51.7 Å². The Morgan fingerprint density at radius 3 is 2.63 bits per heavy atom. The van der Waals surface area contributed by atoms with Gasteiger partial charge in [-0.05, 0) is 62.4 Å². The summed E-state index contributed by atoms with van der Waals surface area (Å²) < 4.78 is 7.42. The fraction of sp³-hybridized carbons (Fsp3) is 0.478. The number of hydrogen-bond acceptors (Lipinski definition) is 4. The van der Waals surface area contributed by atoms with E-state index in [9.17, 15) is 14.7 Å². The van der Waals surface area contributed by atoms with Crippen molar-refractivity contribution in [3.63, 3.8) is 0 Å². The molecule has 1 aromatic heterocycles. The number of halogens is 1. The summed E-state index contributed by atoms with van der Waals surface area (Å²) in [7, 11) is 0. The van der Waals surface area contributed by atoms with Gasteiger partial charge >= 0.3 is 0 Å². The largest absolute Gasteiger partial charge is 0.491 e. The molecular weight excluding hydrogens is 404 g/mol. The molecule has 1 atom stereocenters. The van der Waals surface area contributed by atoms with Crippen molar-refractivity contribution >= 4 is 17.5 Å². The second-order valence-electron chi connectivity index (χ2n) is 8.10. The molecule has 1 N–H and O–H groups in total. The van der Waals surface area contributed by atoms with Crippen LogP contribution < -0.4 is 10.3 Å². The van der Waals surface area contributed by atoms with Crippen LogP contribution in [0.25, 0.3) is 0 Å². The zero-order chi connectivity index (χ0) is 21.7. The number of rotatable bonds is 6. The summed E-state index contributed by atoms with van der Waals surface area (Å²) in [6, 6.07) is 8.69. The Labute approximate surface area is 182 Å². The Balaban J connectivity index is 1.53. The second kappa shape index (κ2) is 9.67. The molecule has 1 aliphatic heterocycles. The van der Waals surface area contributed by atoms with Crippen molar-refractivity contribution in [1.29, 1.82) is 0 Å². The molecule has 3 rings (SSSR count). The normalized spacial score (nSPS) is 19.4. The van der Waals surface area contributed by atoms with Crippen LogP contribution in [0.5, 0.6) is 5.75 Å². The Hall–Kier alpha value is -2.31. The molecule has 1 amide bonds. The van der Waals surface area contributed by atoms with E-state index in [1.165, 1.54) is 10.6 Å². The number of nitrogens with zero attached hydrogens (tertiary/aromatic N) is 2. The van der Waals surface area contributed by atoms with Crippen LogP contribution in [0.3, 0.4) is 0 Å². The molecule has 162 valence electrons. The minimum atomic E-state index is -0.979. The summed E-state index contributed by atoms with van der Waals surface area (Å²) >= 11 is 6.21. The predicted molar refractivity (Wildman–Crippen MR) is 117 cm³/mol. The topological polar surface area (TPSA) is 71.8 Å². The summed E-state index contributed by atoms with van der Waals surface area (Å²) in [5.74, 6) is 0.688. The van der Waals surface area contributed by atoms with E-state index in [2.05, 4.69) is 0 Å². The van der Waals surface area contributed by atoms with Crippen molar-refractivity contribution in [2.24, 2.45) is 0 Å². The standard InChI is InChI=1S/C23H29ClN2O4/c1-17-14-19(15-18(2)22(17)24)30-16-23(29)8-5-11-26(13-9-23)21(28)7-12-25-10-4-3-6-20(25)27/h3-4,6,10,14-15,29H,5,7-9,11-13,16H2,1-2H3. The first-order chi connectivity index (χ1) is 14.3. The summed E-state index contributed by atoms with van der Waals surface area (Å²) in [6.07, 6.45) is 3.68. The van der Waals surface area contributed by atoms with Gasteiger partial charge in [-0.25, -0.2) is 0 Å². The SMILES string of the molecule is Cc1cc(OCC2(O)CCCN(C(=O)CCn3ccccc3=O)CC2)cc(C)c1Cl. The van der Waals surface area contributed by atoms with Gasteiger partial charge in [0.2, 0.25) is 5.91 Å². The highest BCUT2D eigenvalue weighted by Gasteiger charge is 2.32. The summed E-state index contributed by atoms with van der Waals surface area (Å²) in [5.41, 5.74) is 0.787. The zero-order valence-electron chi connectivity index (χ0n) is 17.6. The highest BCUT2D eigenvalue weighted by molar-refractivity contribution is 6.32. The molecule has 1 aromatic carbocycles. The van der Waals surface area contributed by atoms with Gasteiger partial charge in [-0.2, -0.15) is 0 Å². The molecular formula is C23H29ClN2O4.